The van der Waals surface area contributed by atoms with E-state index in [9.17, 15) is 4.79 Å². The molecule has 0 bridgehead atoms. The quantitative estimate of drug-likeness (QED) is 0.544. The fraction of sp³-hybridized carbons (Fsp3) is 0. The fourth-order valence-electron chi connectivity index (χ4n) is 0.482. The molecular formula is C5Cl3N3O. The van der Waals surface area contributed by atoms with E-state index in [2.05, 4.69) is 15.0 Å². The highest BCUT2D eigenvalue weighted by atomic mass is 35.5. The van der Waals surface area contributed by atoms with E-state index in [0.29, 0.717) is 0 Å². The molecule has 62 valence electrons. The van der Waals surface area contributed by atoms with E-state index in [-0.39, 0.29) is 21.3 Å². The Morgan fingerprint density at radius 2 is 1.67 bits per heavy atom. The standard InChI is InChI=1S/C5Cl3N3O/c6-2-3(7)11-5(9-1-12)4(8)10-2. The van der Waals surface area contributed by atoms with Crippen molar-refractivity contribution in [2.24, 2.45) is 4.99 Å². The van der Waals surface area contributed by atoms with E-state index < -0.39 is 0 Å². The van der Waals surface area contributed by atoms with Gasteiger partial charge in [0.1, 0.15) is 0 Å². The second kappa shape index (κ2) is 3.83. The zero-order valence-corrected chi connectivity index (χ0v) is 7.65. The summed E-state index contributed by atoms with van der Waals surface area (Å²) in [5.74, 6) is -0.0962. The Balaban J connectivity index is 3.32. The van der Waals surface area contributed by atoms with Gasteiger partial charge in [0.25, 0.3) is 0 Å². The number of isocyanates is 1. The summed E-state index contributed by atoms with van der Waals surface area (Å²) in [6, 6.07) is 0. The molecule has 0 fully saturated rings. The number of halogens is 3. The molecule has 0 spiro atoms. The van der Waals surface area contributed by atoms with Crippen LogP contribution in [0.3, 0.4) is 0 Å². The Morgan fingerprint density at radius 1 is 1.08 bits per heavy atom. The maximum atomic E-state index is 9.83. The average Bonchev–Trinajstić information content (AvgIpc) is 2.01. The zero-order chi connectivity index (χ0) is 9.14. The van der Waals surface area contributed by atoms with Crippen LogP contribution in [0.25, 0.3) is 0 Å². The van der Waals surface area contributed by atoms with Crippen LogP contribution in [0.2, 0.25) is 15.5 Å². The first-order valence-electron chi connectivity index (χ1n) is 2.61. The van der Waals surface area contributed by atoms with Gasteiger partial charge in [-0.1, -0.05) is 34.8 Å². The van der Waals surface area contributed by atoms with Gasteiger partial charge < -0.3 is 0 Å². The molecule has 0 unspecified atom stereocenters. The summed E-state index contributed by atoms with van der Waals surface area (Å²) >= 11 is 16.4. The topological polar surface area (TPSA) is 55.2 Å². The van der Waals surface area contributed by atoms with Crippen molar-refractivity contribution in [1.29, 1.82) is 0 Å². The number of rotatable bonds is 1. The highest BCUT2D eigenvalue weighted by Gasteiger charge is 2.07. The lowest BCUT2D eigenvalue weighted by molar-refractivity contribution is 0.565. The first-order valence-corrected chi connectivity index (χ1v) is 3.75. The van der Waals surface area contributed by atoms with E-state index in [0.717, 1.165) is 0 Å². The fourth-order valence-corrected chi connectivity index (χ4v) is 0.943. The monoisotopic (exact) mass is 223 g/mol. The van der Waals surface area contributed by atoms with Gasteiger partial charge in [-0.05, 0) is 0 Å². The van der Waals surface area contributed by atoms with Gasteiger partial charge in [0.15, 0.2) is 15.5 Å². The Kier molecular flexibility index (Phi) is 3.00. The lowest BCUT2D eigenvalue weighted by atomic mass is 10.7. The number of aliphatic imine (C=N–C) groups is 1. The van der Waals surface area contributed by atoms with Crippen LogP contribution < -0.4 is 0 Å². The van der Waals surface area contributed by atoms with Crippen LogP contribution in [0, 0.1) is 0 Å². The third-order valence-corrected chi connectivity index (χ3v) is 1.78. The normalized spacial score (nSPS) is 9.25. The third kappa shape index (κ3) is 1.93. The average molecular weight is 224 g/mol. The molecular weight excluding hydrogens is 224 g/mol. The summed E-state index contributed by atoms with van der Waals surface area (Å²) in [5.41, 5.74) is 0. The van der Waals surface area contributed by atoms with Crippen molar-refractivity contribution in [3.8, 4) is 0 Å². The van der Waals surface area contributed by atoms with Gasteiger partial charge >= 0.3 is 0 Å². The molecule has 0 aliphatic carbocycles. The van der Waals surface area contributed by atoms with E-state index in [4.69, 9.17) is 34.8 Å². The van der Waals surface area contributed by atoms with E-state index in [1.54, 1.807) is 0 Å². The van der Waals surface area contributed by atoms with Crippen molar-refractivity contribution in [1.82, 2.24) is 9.97 Å². The van der Waals surface area contributed by atoms with E-state index in [1.807, 2.05) is 0 Å². The molecule has 0 saturated carbocycles. The molecule has 0 N–H and O–H groups in total. The van der Waals surface area contributed by atoms with E-state index in [1.165, 1.54) is 6.08 Å². The molecule has 1 rings (SSSR count). The molecule has 4 nitrogen and oxygen atoms in total. The Labute approximate surface area is 82.2 Å². The highest BCUT2D eigenvalue weighted by Crippen LogP contribution is 2.26. The van der Waals surface area contributed by atoms with Crippen LogP contribution in [0.15, 0.2) is 4.99 Å². The van der Waals surface area contributed by atoms with Gasteiger partial charge in [-0.2, -0.15) is 0 Å². The van der Waals surface area contributed by atoms with Crippen LogP contribution in [0.4, 0.5) is 5.82 Å². The second-order valence-corrected chi connectivity index (χ2v) is 2.70. The molecule has 0 atom stereocenters. The summed E-state index contributed by atoms with van der Waals surface area (Å²) in [6.07, 6.45) is 1.26. The van der Waals surface area contributed by atoms with E-state index >= 15 is 0 Å². The van der Waals surface area contributed by atoms with Crippen LogP contribution in [-0.2, 0) is 4.79 Å². The Morgan fingerprint density at radius 3 is 2.25 bits per heavy atom. The van der Waals surface area contributed by atoms with Crippen LogP contribution >= 0.6 is 34.8 Å². The largest absolute Gasteiger partial charge is 0.242 e. The maximum Gasteiger partial charge on any atom is 0.242 e. The number of aromatic nitrogens is 2. The zero-order valence-electron chi connectivity index (χ0n) is 5.38. The minimum atomic E-state index is -0.0962. The summed E-state index contributed by atoms with van der Waals surface area (Å²) < 4.78 is 0. The van der Waals surface area contributed by atoms with Crippen molar-refractivity contribution < 1.29 is 4.79 Å². The molecule has 0 radical (unpaired) electrons. The third-order valence-electron chi connectivity index (χ3n) is 0.907. The van der Waals surface area contributed by atoms with Crippen LogP contribution in [0.1, 0.15) is 0 Å². The molecule has 12 heavy (non-hydrogen) atoms. The minimum Gasteiger partial charge on any atom is -0.217 e. The second-order valence-electron chi connectivity index (χ2n) is 1.62. The smallest absolute Gasteiger partial charge is 0.217 e. The van der Waals surface area contributed by atoms with Gasteiger partial charge in [0.05, 0.1) is 0 Å². The van der Waals surface area contributed by atoms with Crippen LogP contribution in [0.5, 0.6) is 0 Å². The molecule has 1 heterocycles. The predicted octanol–water partition coefficient (Wildman–Crippen LogP) is 2.40. The minimum absolute atomic E-state index is 0.0356. The first-order chi connectivity index (χ1) is 5.65. The molecule has 0 amide bonds. The molecule has 0 aromatic carbocycles. The molecule has 0 saturated heterocycles. The van der Waals surface area contributed by atoms with Gasteiger partial charge in [-0.15, -0.1) is 4.99 Å². The molecule has 0 aliphatic heterocycles. The predicted molar refractivity (Wildman–Crippen MR) is 44.8 cm³/mol. The van der Waals surface area contributed by atoms with Crippen molar-refractivity contribution in [3.05, 3.63) is 15.5 Å². The van der Waals surface area contributed by atoms with Crippen molar-refractivity contribution in [2.45, 2.75) is 0 Å². The lowest BCUT2D eigenvalue weighted by Gasteiger charge is -1.96. The lowest BCUT2D eigenvalue weighted by Crippen LogP contribution is -1.84. The Bertz CT molecular complexity index is 361. The van der Waals surface area contributed by atoms with Gasteiger partial charge in [0.2, 0.25) is 11.9 Å². The van der Waals surface area contributed by atoms with Crippen molar-refractivity contribution >= 4 is 46.7 Å². The van der Waals surface area contributed by atoms with Gasteiger partial charge in [-0.25, -0.2) is 14.8 Å². The summed E-state index contributed by atoms with van der Waals surface area (Å²) in [4.78, 5) is 20.1. The van der Waals surface area contributed by atoms with Gasteiger partial charge in [0, 0.05) is 0 Å². The molecule has 0 aliphatic rings. The number of hydrogen-bond acceptors (Lipinski definition) is 4. The number of hydrogen-bond donors (Lipinski definition) is 0. The molecule has 7 heteroatoms. The van der Waals surface area contributed by atoms with Gasteiger partial charge in [-0.3, -0.25) is 0 Å². The summed E-state index contributed by atoms with van der Waals surface area (Å²) in [7, 11) is 0. The van der Waals surface area contributed by atoms with Crippen LogP contribution in [-0.4, -0.2) is 16.0 Å². The molecule has 1 aromatic rings. The SMILES string of the molecule is O=C=Nc1nc(Cl)c(Cl)nc1Cl. The highest BCUT2D eigenvalue weighted by molar-refractivity contribution is 6.41. The Hall–Kier alpha value is -0.670. The molecule has 1 aromatic heterocycles. The summed E-state index contributed by atoms with van der Waals surface area (Å²) in [5, 5.41) is -0.186. The maximum absolute atomic E-state index is 9.83. The number of nitrogens with zero attached hydrogens (tertiary/aromatic N) is 3. The van der Waals surface area contributed by atoms with Crippen molar-refractivity contribution in [3.63, 3.8) is 0 Å². The van der Waals surface area contributed by atoms with Crippen molar-refractivity contribution in [2.75, 3.05) is 0 Å². The number of carbonyl (C=O) groups excluding carboxylic acids is 1. The first kappa shape index (κ1) is 9.42. The summed E-state index contributed by atoms with van der Waals surface area (Å²) in [6.45, 7) is 0.